The van der Waals surface area contributed by atoms with Gasteiger partial charge in [0.2, 0.25) is 11.8 Å². The number of hydrogen-bond acceptors (Lipinski definition) is 3. The minimum Gasteiger partial charge on any atom is -0.350 e. The summed E-state index contributed by atoms with van der Waals surface area (Å²) >= 11 is 6.10. The van der Waals surface area contributed by atoms with Crippen LogP contribution in [0.3, 0.4) is 0 Å². The maximum Gasteiger partial charge on any atom is 0.271 e. The quantitative estimate of drug-likeness (QED) is 0.642. The van der Waals surface area contributed by atoms with Gasteiger partial charge in [0.15, 0.2) is 0 Å². The summed E-state index contributed by atoms with van der Waals surface area (Å²) in [7, 11) is 1.61. The van der Waals surface area contributed by atoms with E-state index in [2.05, 4.69) is 10.6 Å². The van der Waals surface area contributed by atoms with Crippen LogP contribution in [0, 0.1) is 0 Å². The molecule has 0 spiro atoms. The lowest BCUT2D eigenvalue weighted by Gasteiger charge is -2.41. The molecule has 1 aromatic heterocycles. The zero-order chi connectivity index (χ0) is 22.2. The minimum atomic E-state index is -1.13. The molecule has 1 aliphatic heterocycles. The van der Waals surface area contributed by atoms with E-state index in [1.54, 1.807) is 20.0 Å². The Hall–Kier alpha value is -3.32. The number of rotatable bonds is 5. The standard InChI is InChI=1S/C23H23ClN4O3/c1-23(22(31)26-13-20(29)25-12-16-8-3-5-9-17(16)24)14-28-18-10-6-4-7-15(18)11-19(28)21(30)27(23)2/h3-11H,12-14H2,1-2H3,(H,25,29)(H,26,31). The number of carbonyl (C=O) groups is 3. The summed E-state index contributed by atoms with van der Waals surface area (Å²) in [5, 5.41) is 6.93. The van der Waals surface area contributed by atoms with E-state index >= 15 is 0 Å². The Labute approximate surface area is 185 Å². The highest BCUT2D eigenvalue weighted by Crippen LogP contribution is 2.31. The van der Waals surface area contributed by atoms with Crippen molar-refractivity contribution in [1.29, 1.82) is 0 Å². The first kappa shape index (κ1) is 20.9. The highest BCUT2D eigenvalue weighted by molar-refractivity contribution is 6.31. The Morgan fingerprint density at radius 3 is 2.58 bits per heavy atom. The summed E-state index contributed by atoms with van der Waals surface area (Å²) < 4.78 is 1.87. The van der Waals surface area contributed by atoms with Crippen LogP contribution in [0.15, 0.2) is 54.6 Å². The molecule has 8 heteroatoms. The Bertz CT molecular complexity index is 1190. The Kier molecular flexibility index (Phi) is 5.45. The van der Waals surface area contributed by atoms with Gasteiger partial charge in [-0.3, -0.25) is 14.4 Å². The van der Waals surface area contributed by atoms with E-state index in [9.17, 15) is 14.4 Å². The van der Waals surface area contributed by atoms with Crippen LogP contribution in [0.5, 0.6) is 0 Å². The van der Waals surface area contributed by atoms with Crippen LogP contribution < -0.4 is 10.6 Å². The second-order valence-corrected chi connectivity index (χ2v) is 8.27. The molecule has 4 rings (SSSR count). The van der Waals surface area contributed by atoms with Crippen LogP contribution in [-0.2, 0) is 22.7 Å². The number of hydrogen-bond donors (Lipinski definition) is 2. The number of carbonyl (C=O) groups excluding carboxylic acids is 3. The predicted molar refractivity (Wildman–Crippen MR) is 119 cm³/mol. The molecule has 3 aromatic rings. The fourth-order valence-electron chi connectivity index (χ4n) is 3.84. The van der Waals surface area contributed by atoms with Crippen molar-refractivity contribution in [1.82, 2.24) is 20.1 Å². The van der Waals surface area contributed by atoms with Crippen LogP contribution >= 0.6 is 11.6 Å². The maximum atomic E-state index is 13.1. The SMILES string of the molecule is CN1C(=O)c2cc3ccccc3n2CC1(C)C(=O)NCC(=O)NCc1ccccc1Cl. The Morgan fingerprint density at radius 2 is 1.81 bits per heavy atom. The van der Waals surface area contributed by atoms with Gasteiger partial charge in [0.25, 0.3) is 5.91 Å². The molecule has 7 nitrogen and oxygen atoms in total. The summed E-state index contributed by atoms with van der Waals surface area (Å²) in [6.45, 7) is 2.08. The zero-order valence-electron chi connectivity index (χ0n) is 17.3. The number of nitrogens with one attached hydrogen (secondary N) is 2. The number of halogens is 1. The van der Waals surface area contributed by atoms with E-state index < -0.39 is 5.54 Å². The highest BCUT2D eigenvalue weighted by atomic mass is 35.5. The maximum absolute atomic E-state index is 13.1. The van der Waals surface area contributed by atoms with Gasteiger partial charge in [-0.1, -0.05) is 48.0 Å². The van der Waals surface area contributed by atoms with Crippen molar-refractivity contribution in [3.8, 4) is 0 Å². The molecule has 0 radical (unpaired) electrons. The van der Waals surface area contributed by atoms with Crippen LogP contribution in [-0.4, -0.2) is 46.3 Å². The first-order valence-corrected chi connectivity index (χ1v) is 10.3. The topological polar surface area (TPSA) is 83.4 Å². The molecule has 3 amide bonds. The van der Waals surface area contributed by atoms with Gasteiger partial charge in [-0.25, -0.2) is 0 Å². The first-order chi connectivity index (χ1) is 14.8. The average Bonchev–Trinajstić information content (AvgIpc) is 3.13. The van der Waals surface area contributed by atoms with Crippen molar-refractivity contribution in [3.05, 3.63) is 70.9 Å². The molecule has 1 atom stereocenters. The summed E-state index contributed by atoms with van der Waals surface area (Å²) in [4.78, 5) is 39.7. The number of nitrogens with zero attached hydrogens (tertiary/aromatic N) is 2. The largest absolute Gasteiger partial charge is 0.350 e. The fourth-order valence-corrected chi connectivity index (χ4v) is 4.04. The lowest BCUT2D eigenvalue weighted by Crippen LogP contribution is -2.63. The summed E-state index contributed by atoms with van der Waals surface area (Å²) in [5.41, 5.74) is 1.11. The zero-order valence-corrected chi connectivity index (χ0v) is 18.1. The molecule has 31 heavy (non-hydrogen) atoms. The lowest BCUT2D eigenvalue weighted by molar-refractivity contribution is -0.134. The molecular weight excluding hydrogens is 416 g/mol. The van der Waals surface area contributed by atoms with Gasteiger partial charge < -0.3 is 20.1 Å². The third-order valence-corrected chi connectivity index (χ3v) is 6.24. The molecule has 0 fully saturated rings. The normalized spacial score (nSPS) is 18.0. The van der Waals surface area contributed by atoms with Crippen LogP contribution in [0.4, 0.5) is 0 Å². The Morgan fingerprint density at radius 1 is 1.10 bits per heavy atom. The molecule has 1 unspecified atom stereocenters. The Balaban J connectivity index is 1.44. The lowest BCUT2D eigenvalue weighted by atomic mass is 9.95. The summed E-state index contributed by atoms with van der Waals surface area (Å²) in [5.74, 6) is -0.961. The van der Waals surface area contributed by atoms with Gasteiger partial charge >= 0.3 is 0 Å². The van der Waals surface area contributed by atoms with E-state index in [-0.39, 0.29) is 30.8 Å². The average molecular weight is 439 g/mol. The number of amides is 3. The second kappa shape index (κ2) is 8.07. The van der Waals surface area contributed by atoms with Gasteiger partial charge in [-0.2, -0.15) is 0 Å². The van der Waals surface area contributed by atoms with Crippen molar-refractivity contribution < 1.29 is 14.4 Å². The third kappa shape index (κ3) is 3.77. The number of aromatic nitrogens is 1. The third-order valence-electron chi connectivity index (χ3n) is 5.87. The molecule has 0 bridgehead atoms. The van der Waals surface area contributed by atoms with Gasteiger partial charge in [0.1, 0.15) is 11.2 Å². The van der Waals surface area contributed by atoms with Gasteiger partial charge in [-0.05, 0) is 30.7 Å². The summed E-state index contributed by atoms with van der Waals surface area (Å²) in [6, 6.07) is 16.8. The number of para-hydroxylation sites is 1. The van der Waals surface area contributed by atoms with Crippen molar-refractivity contribution in [3.63, 3.8) is 0 Å². The predicted octanol–water partition coefficient (Wildman–Crippen LogP) is 2.57. The van der Waals surface area contributed by atoms with Crippen LogP contribution in [0.1, 0.15) is 23.0 Å². The molecule has 0 saturated heterocycles. The number of likely N-dealkylation sites (N-methyl/N-ethyl adjacent to an activating group) is 1. The molecular formula is C23H23ClN4O3. The molecule has 0 saturated carbocycles. The minimum absolute atomic E-state index is 0.194. The first-order valence-electron chi connectivity index (χ1n) is 9.96. The molecule has 1 aliphatic rings. The van der Waals surface area contributed by atoms with Gasteiger partial charge in [0.05, 0.1) is 13.1 Å². The second-order valence-electron chi connectivity index (χ2n) is 7.86. The van der Waals surface area contributed by atoms with Crippen LogP contribution in [0.2, 0.25) is 5.02 Å². The highest BCUT2D eigenvalue weighted by Gasteiger charge is 2.45. The molecule has 2 N–H and O–H groups in total. The molecule has 2 aromatic carbocycles. The van der Waals surface area contributed by atoms with Gasteiger partial charge in [0, 0.05) is 29.5 Å². The van der Waals surface area contributed by atoms with Crippen LogP contribution in [0.25, 0.3) is 10.9 Å². The van der Waals surface area contributed by atoms with Crippen molar-refractivity contribution in [2.45, 2.75) is 25.6 Å². The number of fused-ring (bicyclic) bond motifs is 3. The van der Waals surface area contributed by atoms with Crippen molar-refractivity contribution >= 4 is 40.2 Å². The van der Waals surface area contributed by atoms with Crippen molar-refractivity contribution in [2.75, 3.05) is 13.6 Å². The monoisotopic (exact) mass is 438 g/mol. The molecule has 0 aliphatic carbocycles. The smallest absolute Gasteiger partial charge is 0.271 e. The van der Waals surface area contributed by atoms with E-state index in [0.29, 0.717) is 17.3 Å². The van der Waals surface area contributed by atoms with Crippen molar-refractivity contribution in [2.24, 2.45) is 0 Å². The fraction of sp³-hybridized carbons (Fsp3) is 0.261. The van der Waals surface area contributed by atoms with E-state index in [1.165, 1.54) is 4.90 Å². The van der Waals surface area contributed by atoms with E-state index in [1.807, 2.05) is 53.1 Å². The molecule has 2 heterocycles. The van der Waals surface area contributed by atoms with E-state index in [0.717, 1.165) is 16.5 Å². The van der Waals surface area contributed by atoms with E-state index in [4.69, 9.17) is 11.6 Å². The number of benzene rings is 2. The van der Waals surface area contributed by atoms with Gasteiger partial charge in [-0.15, -0.1) is 0 Å². The summed E-state index contributed by atoms with van der Waals surface area (Å²) in [6.07, 6.45) is 0. The molecule has 160 valence electrons.